The number of amides is 3. The van der Waals surface area contributed by atoms with Gasteiger partial charge in [-0.25, -0.2) is 9.59 Å². The molecule has 0 saturated heterocycles. The van der Waals surface area contributed by atoms with Crippen LogP contribution in [0.2, 0.25) is 0 Å². The van der Waals surface area contributed by atoms with E-state index in [9.17, 15) is 14.4 Å². The van der Waals surface area contributed by atoms with E-state index in [-0.39, 0.29) is 18.0 Å². The minimum Gasteiger partial charge on any atom is -0.478 e. The first-order valence-corrected chi connectivity index (χ1v) is 6.16. The Hall–Kier alpha value is -2.61. The van der Waals surface area contributed by atoms with Crippen molar-refractivity contribution in [2.45, 2.75) is 0 Å². The molecule has 0 heterocycles. The van der Waals surface area contributed by atoms with E-state index in [1.165, 1.54) is 25.3 Å². The van der Waals surface area contributed by atoms with E-state index in [4.69, 9.17) is 9.84 Å². The third-order valence-electron chi connectivity index (χ3n) is 2.41. The van der Waals surface area contributed by atoms with Gasteiger partial charge in [0.05, 0.1) is 18.7 Å². The topological polar surface area (TPSA) is 117 Å². The van der Waals surface area contributed by atoms with Crippen LogP contribution >= 0.6 is 0 Å². The molecule has 0 aliphatic rings. The van der Waals surface area contributed by atoms with Crippen LogP contribution in [0.15, 0.2) is 24.3 Å². The van der Waals surface area contributed by atoms with Crippen molar-refractivity contribution in [3.8, 4) is 0 Å². The summed E-state index contributed by atoms with van der Waals surface area (Å²) in [4.78, 5) is 33.7. The van der Waals surface area contributed by atoms with Gasteiger partial charge in [0.1, 0.15) is 0 Å². The molecule has 0 spiro atoms. The van der Waals surface area contributed by atoms with E-state index in [0.717, 1.165) is 0 Å². The molecule has 1 aromatic rings. The van der Waals surface area contributed by atoms with E-state index in [2.05, 4.69) is 16.0 Å². The van der Waals surface area contributed by atoms with E-state index >= 15 is 0 Å². The van der Waals surface area contributed by atoms with Crippen LogP contribution in [0.25, 0.3) is 0 Å². The lowest BCUT2D eigenvalue weighted by atomic mass is 10.2. The Balaban J connectivity index is 2.38. The first-order valence-electron chi connectivity index (χ1n) is 6.16. The average molecular weight is 295 g/mol. The number of benzene rings is 1. The Morgan fingerprint density at radius 1 is 1.24 bits per heavy atom. The lowest BCUT2D eigenvalue weighted by molar-refractivity contribution is -0.120. The number of carbonyl (C=O) groups excluding carboxylic acids is 2. The molecule has 0 aliphatic heterocycles. The molecule has 21 heavy (non-hydrogen) atoms. The lowest BCUT2D eigenvalue weighted by Crippen LogP contribution is -2.39. The van der Waals surface area contributed by atoms with Gasteiger partial charge in [-0.1, -0.05) is 6.07 Å². The monoisotopic (exact) mass is 295 g/mol. The zero-order valence-corrected chi connectivity index (χ0v) is 11.5. The van der Waals surface area contributed by atoms with Gasteiger partial charge in [0.25, 0.3) is 0 Å². The molecule has 0 aliphatic carbocycles. The third-order valence-corrected chi connectivity index (χ3v) is 2.41. The number of carboxylic acids is 1. The zero-order chi connectivity index (χ0) is 15.7. The molecule has 0 radical (unpaired) electrons. The molecule has 3 amide bonds. The molecule has 4 N–H and O–H groups in total. The standard InChI is InChI=1S/C13H17N3O5/c1-21-6-5-14-11(17)8-15-13(20)16-10-4-2-3-9(7-10)12(18)19/h2-4,7H,5-6,8H2,1H3,(H,14,17)(H,18,19)(H2,15,16,20). The summed E-state index contributed by atoms with van der Waals surface area (Å²) >= 11 is 0. The van der Waals surface area contributed by atoms with Crippen LogP contribution < -0.4 is 16.0 Å². The molecule has 0 aromatic heterocycles. The summed E-state index contributed by atoms with van der Waals surface area (Å²) in [7, 11) is 1.52. The quantitative estimate of drug-likeness (QED) is 0.539. The van der Waals surface area contributed by atoms with Gasteiger partial charge >= 0.3 is 12.0 Å². The minimum absolute atomic E-state index is 0.0603. The predicted octanol–water partition coefficient (Wildman–Crippen LogP) is 0.269. The Morgan fingerprint density at radius 3 is 2.67 bits per heavy atom. The number of methoxy groups -OCH3 is 1. The summed E-state index contributed by atoms with van der Waals surface area (Å²) < 4.78 is 4.76. The zero-order valence-electron chi connectivity index (χ0n) is 11.5. The first kappa shape index (κ1) is 16.4. The number of nitrogens with one attached hydrogen (secondary N) is 3. The lowest BCUT2D eigenvalue weighted by Gasteiger charge is -2.08. The van der Waals surface area contributed by atoms with Crippen LogP contribution in [-0.4, -0.2) is 49.8 Å². The van der Waals surface area contributed by atoms with Crippen LogP contribution in [0.5, 0.6) is 0 Å². The van der Waals surface area contributed by atoms with Crippen LogP contribution in [0.4, 0.5) is 10.5 Å². The Labute approximate surface area is 121 Å². The second-order valence-electron chi connectivity index (χ2n) is 4.04. The average Bonchev–Trinajstić information content (AvgIpc) is 2.45. The molecule has 0 fully saturated rings. The molecule has 0 atom stereocenters. The fourth-order valence-electron chi connectivity index (χ4n) is 1.42. The van der Waals surface area contributed by atoms with Crippen LogP contribution in [0, 0.1) is 0 Å². The summed E-state index contributed by atoms with van der Waals surface area (Å²) in [6, 6.07) is 5.19. The van der Waals surface area contributed by atoms with Crippen molar-refractivity contribution in [2.75, 3.05) is 32.1 Å². The predicted molar refractivity (Wildman–Crippen MR) is 75.3 cm³/mol. The summed E-state index contributed by atoms with van der Waals surface area (Å²) in [5.74, 6) is -1.43. The molecule has 8 heteroatoms. The molecule has 0 bridgehead atoms. The van der Waals surface area contributed by atoms with Crippen molar-refractivity contribution in [3.05, 3.63) is 29.8 Å². The Morgan fingerprint density at radius 2 is 2.00 bits per heavy atom. The van der Waals surface area contributed by atoms with Gasteiger partial charge in [-0.3, -0.25) is 4.79 Å². The van der Waals surface area contributed by atoms with Crippen molar-refractivity contribution in [1.29, 1.82) is 0 Å². The number of carbonyl (C=O) groups is 3. The van der Waals surface area contributed by atoms with E-state index in [1.807, 2.05) is 0 Å². The number of anilines is 1. The third kappa shape index (κ3) is 6.39. The summed E-state index contributed by atoms with van der Waals surface area (Å²) in [6.07, 6.45) is 0. The maximum absolute atomic E-state index is 11.6. The second-order valence-corrected chi connectivity index (χ2v) is 4.04. The summed E-state index contributed by atoms with van der Waals surface area (Å²) in [6.45, 7) is 0.563. The van der Waals surface area contributed by atoms with Crippen molar-refractivity contribution < 1.29 is 24.2 Å². The fraction of sp³-hybridized carbons (Fsp3) is 0.308. The molecule has 114 valence electrons. The fourth-order valence-corrected chi connectivity index (χ4v) is 1.42. The van der Waals surface area contributed by atoms with Gasteiger partial charge in [0, 0.05) is 19.3 Å². The van der Waals surface area contributed by atoms with Gasteiger partial charge in [0.2, 0.25) is 5.91 Å². The smallest absolute Gasteiger partial charge is 0.335 e. The highest BCUT2D eigenvalue weighted by molar-refractivity contribution is 5.94. The van der Waals surface area contributed by atoms with Gasteiger partial charge < -0.3 is 25.8 Å². The van der Waals surface area contributed by atoms with Crippen molar-refractivity contribution in [2.24, 2.45) is 0 Å². The Kier molecular flexibility index (Phi) is 6.69. The maximum atomic E-state index is 11.6. The van der Waals surface area contributed by atoms with Gasteiger partial charge in [0.15, 0.2) is 0 Å². The molecule has 0 saturated carbocycles. The van der Waals surface area contributed by atoms with E-state index in [1.54, 1.807) is 6.07 Å². The molecule has 1 rings (SSSR count). The normalized spacial score (nSPS) is 9.76. The van der Waals surface area contributed by atoms with E-state index in [0.29, 0.717) is 18.8 Å². The molecular weight excluding hydrogens is 278 g/mol. The number of hydrogen-bond acceptors (Lipinski definition) is 4. The number of aromatic carboxylic acids is 1. The number of hydrogen-bond donors (Lipinski definition) is 4. The SMILES string of the molecule is COCCNC(=O)CNC(=O)Nc1cccc(C(=O)O)c1. The van der Waals surface area contributed by atoms with Gasteiger partial charge in [-0.15, -0.1) is 0 Å². The minimum atomic E-state index is -1.09. The second kappa shape index (κ2) is 8.54. The van der Waals surface area contributed by atoms with Crippen LogP contribution in [0.1, 0.15) is 10.4 Å². The molecule has 8 nitrogen and oxygen atoms in total. The first-order chi connectivity index (χ1) is 10.0. The number of carboxylic acid groups (broad SMARTS) is 1. The highest BCUT2D eigenvalue weighted by Crippen LogP contribution is 2.10. The highest BCUT2D eigenvalue weighted by atomic mass is 16.5. The van der Waals surface area contributed by atoms with Crippen molar-refractivity contribution >= 4 is 23.6 Å². The van der Waals surface area contributed by atoms with Crippen molar-refractivity contribution in [3.63, 3.8) is 0 Å². The van der Waals surface area contributed by atoms with Crippen molar-refractivity contribution in [1.82, 2.24) is 10.6 Å². The highest BCUT2D eigenvalue weighted by Gasteiger charge is 2.07. The largest absolute Gasteiger partial charge is 0.478 e. The number of rotatable bonds is 7. The maximum Gasteiger partial charge on any atom is 0.335 e. The van der Waals surface area contributed by atoms with Gasteiger partial charge in [-0.05, 0) is 18.2 Å². The summed E-state index contributed by atoms with van der Waals surface area (Å²) in [5, 5.41) is 16.2. The Bertz CT molecular complexity index is 518. The van der Waals surface area contributed by atoms with Gasteiger partial charge in [-0.2, -0.15) is 0 Å². The van der Waals surface area contributed by atoms with E-state index < -0.39 is 12.0 Å². The summed E-state index contributed by atoms with van der Waals surface area (Å²) in [5.41, 5.74) is 0.386. The molecular formula is C13H17N3O5. The van der Waals surface area contributed by atoms with Crippen LogP contribution in [-0.2, 0) is 9.53 Å². The van der Waals surface area contributed by atoms with Crippen LogP contribution in [0.3, 0.4) is 0 Å². The number of ether oxygens (including phenoxy) is 1. The molecule has 0 unspecified atom stereocenters. The number of urea groups is 1. The molecule has 1 aromatic carbocycles.